The molecule has 6 heteroatoms. The van der Waals surface area contributed by atoms with E-state index in [9.17, 15) is 4.79 Å². The van der Waals surface area contributed by atoms with E-state index in [2.05, 4.69) is 9.88 Å². The summed E-state index contributed by atoms with van der Waals surface area (Å²) in [5.41, 5.74) is 6.95. The van der Waals surface area contributed by atoms with Gasteiger partial charge in [0.05, 0.1) is 5.60 Å². The molecule has 1 aromatic carbocycles. The maximum Gasteiger partial charge on any atom is 0.248 e. The van der Waals surface area contributed by atoms with Gasteiger partial charge in [0, 0.05) is 50.5 Å². The fourth-order valence-electron chi connectivity index (χ4n) is 4.65. The zero-order chi connectivity index (χ0) is 19.6. The zero-order valence-corrected chi connectivity index (χ0v) is 16.2. The number of hydrogen-bond donors (Lipinski definition) is 1. The van der Waals surface area contributed by atoms with Crippen molar-refractivity contribution in [3.8, 4) is 5.88 Å². The van der Waals surface area contributed by atoms with Gasteiger partial charge in [-0.1, -0.05) is 18.2 Å². The number of benzene rings is 1. The molecule has 2 aliphatic rings. The van der Waals surface area contributed by atoms with E-state index in [0.29, 0.717) is 17.5 Å². The number of methoxy groups -OCH3 is 1. The van der Waals surface area contributed by atoms with Gasteiger partial charge < -0.3 is 15.2 Å². The van der Waals surface area contributed by atoms with E-state index in [1.807, 2.05) is 37.4 Å². The lowest BCUT2D eigenvalue weighted by atomic mass is 9.79. The van der Waals surface area contributed by atoms with Crippen LogP contribution in [-0.4, -0.2) is 47.2 Å². The van der Waals surface area contributed by atoms with Gasteiger partial charge in [0.1, 0.15) is 6.10 Å². The molecule has 1 saturated heterocycles. The van der Waals surface area contributed by atoms with Gasteiger partial charge >= 0.3 is 0 Å². The largest absolute Gasteiger partial charge is 0.474 e. The Morgan fingerprint density at radius 3 is 2.75 bits per heavy atom. The fourth-order valence-corrected chi connectivity index (χ4v) is 4.65. The van der Waals surface area contributed by atoms with Crippen molar-refractivity contribution in [2.24, 2.45) is 5.73 Å². The molecule has 6 nitrogen and oxygen atoms in total. The number of primary amides is 1. The van der Waals surface area contributed by atoms with Crippen LogP contribution in [0.4, 0.5) is 0 Å². The van der Waals surface area contributed by atoms with Crippen LogP contribution in [0.5, 0.6) is 5.88 Å². The lowest BCUT2D eigenvalue weighted by Crippen LogP contribution is -2.52. The van der Waals surface area contributed by atoms with Crippen LogP contribution >= 0.6 is 0 Å². The Bertz CT molecular complexity index is 812. The topological polar surface area (TPSA) is 77.7 Å². The SMILES string of the molecule is CO[C@@]12CC[C@H](Oc3ccccn3)C[C@@H]1N(Cc1ccc(C(N)=O)cc1)CC2. The third kappa shape index (κ3) is 3.75. The van der Waals surface area contributed by atoms with Crippen molar-refractivity contribution >= 4 is 5.91 Å². The lowest BCUT2D eigenvalue weighted by molar-refractivity contribution is -0.0843. The highest BCUT2D eigenvalue weighted by Crippen LogP contribution is 2.43. The summed E-state index contributed by atoms with van der Waals surface area (Å²) >= 11 is 0. The number of rotatable bonds is 6. The van der Waals surface area contributed by atoms with Gasteiger partial charge in [-0.2, -0.15) is 0 Å². The first kappa shape index (κ1) is 18.9. The number of carbonyl (C=O) groups excluding carboxylic acids is 1. The molecule has 1 aliphatic carbocycles. The minimum atomic E-state index is -0.395. The van der Waals surface area contributed by atoms with Gasteiger partial charge in [0.25, 0.3) is 0 Å². The molecule has 2 N–H and O–H groups in total. The summed E-state index contributed by atoms with van der Waals surface area (Å²) in [6.45, 7) is 1.82. The van der Waals surface area contributed by atoms with Crippen molar-refractivity contribution < 1.29 is 14.3 Å². The second-order valence-corrected chi connectivity index (χ2v) is 7.75. The number of likely N-dealkylation sites (tertiary alicyclic amines) is 1. The Morgan fingerprint density at radius 2 is 2.07 bits per heavy atom. The number of carbonyl (C=O) groups is 1. The number of hydrogen-bond acceptors (Lipinski definition) is 5. The van der Waals surface area contributed by atoms with Crippen molar-refractivity contribution in [3.63, 3.8) is 0 Å². The summed E-state index contributed by atoms with van der Waals surface area (Å²) in [5, 5.41) is 0. The minimum Gasteiger partial charge on any atom is -0.474 e. The Kier molecular flexibility index (Phi) is 5.33. The summed E-state index contributed by atoms with van der Waals surface area (Å²) in [5.74, 6) is 0.289. The highest BCUT2D eigenvalue weighted by Gasteiger charge is 2.51. The Morgan fingerprint density at radius 1 is 1.25 bits per heavy atom. The summed E-state index contributed by atoms with van der Waals surface area (Å²) in [7, 11) is 1.83. The number of nitrogens with zero attached hydrogens (tertiary/aromatic N) is 2. The molecule has 3 atom stereocenters. The van der Waals surface area contributed by atoms with Gasteiger partial charge in [-0.25, -0.2) is 4.98 Å². The maximum atomic E-state index is 11.3. The number of nitrogens with two attached hydrogens (primary N) is 1. The number of amides is 1. The molecule has 2 aromatic rings. The molecule has 0 unspecified atom stereocenters. The molecule has 28 heavy (non-hydrogen) atoms. The smallest absolute Gasteiger partial charge is 0.248 e. The summed E-state index contributed by atoms with van der Waals surface area (Å²) in [4.78, 5) is 18.1. The predicted molar refractivity (Wildman–Crippen MR) is 106 cm³/mol. The van der Waals surface area contributed by atoms with Gasteiger partial charge in [0.2, 0.25) is 11.8 Å². The lowest BCUT2D eigenvalue weighted by Gasteiger charge is -2.43. The fraction of sp³-hybridized carbons (Fsp3) is 0.455. The van der Waals surface area contributed by atoms with Gasteiger partial charge in [-0.3, -0.25) is 9.69 Å². The molecule has 148 valence electrons. The number of pyridine rings is 1. The third-order valence-corrected chi connectivity index (χ3v) is 6.20. The predicted octanol–water partition coefficient (Wildman–Crippen LogP) is 2.77. The average molecular weight is 381 g/mol. The first-order valence-electron chi connectivity index (χ1n) is 9.85. The Labute approximate surface area is 165 Å². The van der Waals surface area contributed by atoms with E-state index in [1.54, 1.807) is 18.3 Å². The van der Waals surface area contributed by atoms with E-state index >= 15 is 0 Å². The quantitative estimate of drug-likeness (QED) is 0.832. The summed E-state index contributed by atoms with van der Waals surface area (Å²) in [6, 6.07) is 13.6. The van der Waals surface area contributed by atoms with Crippen LogP contribution in [0.2, 0.25) is 0 Å². The minimum absolute atomic E-state index is 0.100. The van der Waals surface area contributed by atoms with Crippen LogP contribution < -0.4 is 10.5 Å². The molecule has 2 fully saturated rings. The molecule has 0 spiro atoms. The molecule has 4 rings (SSSR count). The van der Waals surface area contributed by atoms with Crippen molar-refractivity contribution in [1.82, 2.24) is 9.88 Å². The molecule has 0 radical (unpaired) electrons. The molecule has 1 saturated carbocycles. The Balaban J connectivity index is 1.47. The molecule has 2 heterocycles. The third-order valence-electron chi connectivity index (χ3n) is 6.20. The van der Waals surface area contributed by atoms with E-state index in [-0.39, 0.29) is 11.7 Å². The first-order chi connectivity index (χ1) is 13.6. The number of aromatic nitrogens is 1. The molecule has 1 aromatic heterocycles. The van der Waals surface area contributed by atoms with Crippen molar-refractivity contribution in [3.05, 3.63) is 59.8 Å². The zero-order valence-electron chi connectivity index (χ0n) is 16.2. The van der Waals surface area contributed by atoms with Crippen molar-refractivity contribution in [2.45, 2.75) is 50.0 Å². The average Bonchev–Trinajstić information content (AvgIpc) is 3.08. The van der Waals surface area contributed by atoms with E-state index in [4.69, 9.17) is 15.2 Å². The normalized spacial score (nSPS) is 27.3. The highest BCUT2D eigenvalue weighted by molar-refractivity contribution is 5.92. The molecule has 1 aliphatic heterocycles. The summed E-state index contributed by atoms with van der Waals surface area (Å²) in [6.07, 6.45) is 5.81. The van der Waals surface area contributed by atoms with Crippen LogP contribution in [0, 0.1) is 0 Å². The van der Waals surface area contributed by atoms with Crippen LogP contribution in [-0.2, 0) is 11.3 Å². The van der Waals surface area contributed by atoms with Crippen LogP contribution in [0.1, 0.15) is 41.6 Å². The highest BCUT2D eigenvalue weighted by atomic mass is 16.5. The summed E-state index contributed by atoms with van der Waals surface area (Å²) < 4.78 is 12.2. The maximum absolute atomic E-state index is 11.3. The van der Waals surface area contributed by atoms with E-state index in [1.165, 1.54) is 5.56 Å². The first-order valence-corrected chi connectivity index (χ1v) is 9.85. The monoisotopic (exact) mass is 381 g/mol. The van der Waals surface area contributed by atoms with Crippen LogP contribution in [0.15, 0.2) is 48.7 Å². The van der Waals surface area contributed by atoms with Gasteiger partial charge in [0.15, 0.2) is 0 Å². The molecular weight excluding hydrogens is 354 g/mol. The van der Waals surface area contributed by atoms with Crippen molar-refractivity contribution in [2.75, 3.05) is 13.7 Å². The Hall–Kier alpha value is -2.44. The molecule has 1 amide bonds. The molecular formula is C22H27N3O3. The van der Waals surface area contributed by atoms with E-state index < -0.39 is 5.91 Å². The van der Waals surface area contributed by atoms with Crippen molar-refractivity contribution in [1.29, 1.82) is 0 Å². The second kappa shape index (κ2) is 7.89. The standard InChI is InChI=1S/C22H27N3O3/c1-27-22-10-9-18(28-20-4-2-3-12-24-20)14-19(22)25(13-11-22)15-16-5-7-17(8-6-16)21(23)26/h2-8,12,18-19H,9-11,13-15H2,1H3,(H2,23,26)/t18-,19-,22+/m0/s1. The number of fused-ring (bicyclic) bond motifs is 1. The number of ether oxygens (including phenoxy) is 2. The molecule has 0 bridgehead atoms. The second-order valence-electron chi connectivity index (χ2n) is 7.75. The van der Waals surface area contributed by atoms with Crippen LogP contribution in [0.3, 0.4) is 0 Å². The van der Waals surface area contributed by atoms with Gasteiger partial charge in [-0.15, -0.1) is 0 Å². The van der Waals surface area contributed by atoms with Crippen LogP contribution in [0.25, 0.3) is 0 Å². The van der Waals surface area contributed by atoms with E-state index in [0.717, 1.165) is 38.8 Å². The van der Waals surface area contributed by atoms with Gasteiger partial charge in [-0.05, 0) is 43.0 Å².